The lowest BCUT2D eigenvalue weighted by atomic mass is 9.64. The van der Waals surface area contributed by atoms with Crippen LogP contribution in [-0.4, -0.2) is 0 Å². The first-order valence-electron chi connectivity index (χ1n) is 12.6. The number of fused-ring (bicyclic) bond motifs is 2. The van der Waals surface area contributed by atoms with Gasteiger partial charge in [0.25, 0.3) is 0 Å². The van der Waals surface area contributed by atoms with Gasteiger partial charge in [0.1, 0.15) is 11.6 Å². The summed E-state index contributed by atoms with van der Waals surface area (Å²) >= 11 is 0. The molecule has 0 aromatic heterocycles. The summed E-state index contributed by atoms with van der Waals surface area (Å²) in [5, 5.41) is 0. The van der Waals surface area contributed by atoms with Crippen molar-refractivity contribution in [3.63, 3.8) is 0 Å². The molecule has 3 aliphatic rings. The maximum Gasteiger partial charge on any atom is 0.133 e. The molecule has 2 fully saturated rings. The topological polar surface area (TPSA) is 0 Å². The number of hydrogen-bond donors (Lipinski definition) is 0. The molecule has 0 bridgehead atoms. The SMILES string of the molecule is CCCCCCC1CCc2c(cc(F)c(C3CCC4CC(C)CCC4C3)c2F)C1. The second-order valence-electron chi connectivity index (χ2n) is 10.6. The van der Waals surface area contributed by atoms with Crippen LogP contribution in [0.15, 0.2) is 6.07 Å². The van der Waals surface area contributed by atoms with Crippen molar-refractivity contribution < 1.29 is 8.78 Å². The average molecular weight is 403 g/mol. The third-order valence-electron chi connectivity index (χ3n) is 8.51. The van der Waals surface area contributed by atoms with E-state index in [0.717, 1.165) is 61.5 Å². The van der Waals surface area contributed by atoms with Crippen LogP contribution in [0.4, 0.5) is 8.78 Å². The highest BCUT2D eigenvalue weighted by molar-refractivity contribution is 5.39. The summed E-state index contributed by atoms with van der Waals surface area (Å²) in [5.74, 6) is 2.61. The molecule has 2 heteroatoms. The molecule has 0 amide bonds. The Morgan fingerprint density at radius 3 is 2.55 bits per heavy atom. The Hall–Kier alpha value is -0.920. The van der Waals surface area contributed by atoms with Crippen molar-refractivity contribution in [3.05, 3.63) is 34.4 Å². The predicted octanol–water partition coefficient (Wildman–Crippen LogP) is 8.36. The Balaban J connectivity index is 1.45. The van der Waals surface area contributed by atoms with Gasteiger partial charge in [-0.05, 0) is 98.1 Å². The van der Waals surface area contributed by atoms with E-state index in [4.69, 9.17) is 0 Å². The third-order valence-corrected chi connectivity index (χ3v) is 8.51. The Morgan fingerprint density at radius 1 is 0.931 bits per heavy atom. The smallest absolute Gasteiger partial charge is 0.133 e. The van der Waals surface area contributed by atoms with E-state index in [1.165, 1.54) is 51.4 Å². The summed E-state index contributed by atoms with van der Waals surface area (Å²) in [5.41, 5.74) is 2.27. The second-order valence-corrected chi connectivity index (χ2v) is 10.6. The van der Waals surface area contributed by atoms with Gasteiger partial charge in [-0.1, -0.05) is 52.4 Å². The number of unbranched alkanes of at least 4 members (excludes halogenated alkanes) is 3. The fraction of sp³-hybridized carbons (Fsp3) is 0.778. The van der Waals surface area contributed by atoms with Crippen LogP contribution in [0.25, 0.3) is 0 Å². The lowest BCUT2D eigenvalue weighted by Crippen LogP contribution is -2.30. The largest absolute Gasteiger partial charge is 0.207 e. The highest BCUT2D eigenvalue weighted by atomic mass is 19.1. The zero-order chi connectivity index (χ0) is 20.4. The van der Waals surface area contributed by atoms with Gasteiger partial charge >= 0.3 is 0 Å². The molecule has 1 aromatic rings. The molecule has 0 nitrogen and oxygen atoms in total. The summed E-state index contributed by atoms with van der Waals surface area (Å²) in [6.07, 6.45) is 16.1. The van der Waals surface area contributed by atoms with E-state index in [2.05, 4.69) is 13.8 Å². The minimum absolute atomic E-state index is 0.0988. The monoisotopic (exact) mass is 402 g/mol. The van der Waals surface area contributed by atoms with E-state index < -0.39 is 0 Å². The lowest BCUT2D eigenvalue weighted by molar-refractivity contribution is 0.122. The third kappa shape index (κ3) is 4.72. The molecule has 0 radical (unpaired) electrons. The Morgan fingerprint density at radius 2 is 1.72 bits per heavy atom. The van der Waals surface area contributed by atoms with E-state index in [-0.39, 0.29) is 17.6 Å². The summed E-state index contributed by atoms with van der Waals surface area (Å²) in [6.45, 7) is 4.60. The first kappa shape index (κ1) is 21.3. The number of hydrogen-bond acceptors (Lipinski definition) is 0. The standard InChI is InChI=1S/C27H40F2/c1-3-4-5-6-7-19-9-13-24-23(15-19)17-25(28)26(27(24)29)22-12-11-20-14-18(2)8-10-21(20)16-22/h17-22H,3-16H2,1-2H3. The Labute approximate surface area is 176 Å². The van der Waals surface area contributed by atoms with Crippen molar-refractivity contribution in [2.75, 3.05) is 0 Å². The van der Waals surface area contributed by atoms with E-state index in [9.17, 15) is 0 Å². The minimum atomic E-state index is -0.250. The van der Waals surface area contributed by atoms with Gasteiger partial charge in [-0.2, -0.15) is 0 Å². The molecular formula is C27H40F2. The van der Waals surface area contributed by atoms with Gasteiger partial charge in [0.05, 0.1) is 0 Å². The van der Waals surface area contributed by atoms with Crippen LogP contribution in [0.2, 0.25) is 0 Å². The average Bonchev–Trinajstić information content (AvgIpc) is 2.71. The van der Waals surface area contributed by atoms with Gasteiger partial charge in [0, 0.05) is 5.56 Å². The van der Waals surface area contributed by atoms with Gasteiger partial charge < -0.3 is 0 Å². The highest BCUT2D eigenvalue weighted by Gasteiger charge is 2.37. The summed E-state index contributed by atoms with van der Waals surface area (Å²) in [7, 11) is 0. The number of rotatable bonds is 6. The van der Waals surface area contributed by atoms with E-state index in [1.54, 1.807) is 6.07 Å². The molecule has 0 N–H and O–H groups in total. The predicted molar refractivity (Wildman–Crippen MR) is 117 cm³/mol. The van der Waals surface area contributed by atoms with Crippen LogP contribution in [0.1, 0.15) is 114 Å². The Bertz CT molecular complexity index is 694. The van der Waals surface area contributed by atoms with Crippen molar-refractivity contribution in [2.45, 2.75) is 110 Å². The molecule has 3 aliphatic carbocycles. The van der Waals surface area contributed by atoms with Gasteiger partial charge in [-0.3, -0.25) is 0 Å². The first-order valence-corrected chi connectivity index (χ1v) is 12.6. The van der Waals surface area contributed by atoms with Crippen molar-refractivity contribution in [1.82, 2.24) is 0 Å². The molecule has 29 heavy (non-hydrogen) atoms. The Kier molecular flexibility index (Phi) is 6.97. The van der Waals surface area contributed by atoms with Crippen molar-refractivity contribution in [1.29, 1.82) is 0 Å². The lowest BCUT2D eigenvalue weighted by Gasteiger charge is -2.42. The molecule has 5 atom stereocenters. The highest BCUT2D eigenvalue weighted by Crippen LogP contribution is 2.49. The molecule has 5 unspecified atom stereocenters. The van der Waals surface area contributed by atoms with Gasteiger partial charge in [0.15, 0.2) is 0 Å². The number of halogens is 2. The molecular weight excluding hydrogens is 362 g/mol. The van der Waals surface area contributed by atoms with E-state index in [0.29, 0.717) is 17.4 Å². The maximum absolute atomic E-state index is 15.5. The molecule has 162 valence electrons. The van der Waals surface area contributed by atoms with Crippen molar-refractivity contribution in [3.8, 4) is 0 Å². The quantitative estimate of drug-likeness (QED) is 0.419. The second kappa shape index (κ2) is 9.48. The minimum Gasteiger partial charge on any atom is -0.207 e. The van der Waals surface area contributed by atoms with E-state index in [1.807, 2.05) is 0 Å². The number of benzene rings is 1. The zero-order valence-electron chi connectivity index (χ0n) is 18.6. The van der Waals surface area contributed by atoms with Crippen LogP contribution >= 0.6 is 0 Å². The summed E-state index contributed by atoms with van der Waals surface area (Å²) in [4.78, 5) is 0. The molecule has 2 saturated carbocycles. The van der Waals surface area contributed by atoms with Crippen LogP contribution < -0.4 is 0 Å². The maximum atomic E-state index is 15.5. The molecule has 0 spiro atoms. The van der Waals surface area contributed by atoms with E-state index >= 15 is 8.78 Å². The molecule has 4 rings (SSSR count). The van der Waals surface area contributed by atoms with Crippen molar-refractivity contribution in [2.24, 2.45) is 23.7 Å². The van der Waals surface area contributed by atoms with Crippen molar-refractivity contribution >= 4 is 0 Å². The summed E-state index contributed by atoms with van der Waals surface area (Å²) in [6, 6.07) is 1.72. The fourth-order valence-corrected chi connectivity index (χ4v) is 6.81. The van der Waals surface area contributed by atoms with Crippen LogP contribution in [0.3, 0.4) is 0 Å². The van der Waals surface area contributed by atoms with Crippen LogP contribution in [0.5, 0.6) is 0 Å². The summed E-state index contributed by atoms with van der Waals surface area (Å²) < 4.78 is 30.7. The van der Waals surface area contributed by atoms with Gasteiger partial charge in [0.2, 0.25) is 0 Å². The molecule has 0 aliphatic heterocycles. The normalized spacial score (nSPS) is 31.9. The fourth-order valence-electron chi connectivity index (χ4n) is 6.81. The van der Waals surface area contributed by atoms with Gasteiger partial charge in [-0.25, -0.2) is 8.78 Å². The van der Waals surface area contributed by atoms with Gasteiger partial charge in [-0.15, -0.1) is 0 Å². The van der Waals surface area contributed by atoms with Crippen LogP contribution in [0, 0.1) is 35.3 Å². The molecule has 0 heterocycles. The zero-order valence-corrected chi connectivity index (χ0v) is 18.6. The molecule has 1 aromatic carbocycles. The van der Waals surface area contributed by atoms with Crippen LogP contribution in [-0.2, 0) is 12.8 Å². The first-order chi connectivity index (χ1) is 14.1. The molecule has 0 saturated heterocycles.